The average molecular weight is 275 g/mol. The zero-order valence-electron chi connectivity index (χ0n) is 9.83. The largest absolute Gasteiger partial charge is 0.384 e. The van der Waals surface area contributed by atoms with Crippen molar-refractivity contribution in [2.75, 3.05) is 23.9 Å². The van der Waals surface area contributed by atoms with Gasteiger partial charge in [-0.3, -0.25) is 10.1 Å². The van der Waals surface area contributed by atoms with E-state index >= 15 is 0 Å². The van der Waals surface area contributed by atoms with E-state index in [1.807, 2.05) is 6.92 Å². The monoisotopic (exact) mass is 274 g/mol. The molecule has 0 bridgehead atoms. The van der Waals surface area contributed by atoms with Crippen molar-refractivity contribution >= 4 is 34.7 Å². The van der Waals surface area contributed by atoms with Crippen molar-refractivity contribution in [2.45, 2.75) is 13.3 Å². The van der Waals surface area contributed by atoms with Crippen LogP contribution in [0.2, 0.25) is 5.02 Å². The van der Waals surface area contributed by atoms with Gasteiger partial charge in [-0.1, -0.05) is 11.6 Å². The van der Waals surface area contributed by atoms with E-state index in [-0.39, 0.29) is 5.69 Å². The first-order valence-electron chi connectivity index (χ1n) is 5.23. The van der Waals surface area contributed by atoms with Crippen LogP contribution in [0.1, 0.15) is 12.0 Å². The summed E-state index contributed by atoms with van der Waals surface area (Å²) in [5.41, 5.74) is 1.62. The first-order valence-corrected chi connectivity index (χ1v) is 7.00. The molecule has 0 aromatic heterocycles. The van der Waals surface area contributed by atoms with Gasteiger partial charge in [-0.15, -0.1) is 0 Å². The highest BCUT2D eigenvalue weighted by Crippen LogP contribution is 2.30. The van der Waals surface area contributed by atoms with Crippen LogP contribution in [0.4, 0.5) is 11.4 Å². The van der Waals surface area contributed by atoms with E-state index in [9.17, 15) is 10.1 Å². The highest BCUT2D eigenvalue weighted by atomic mass is 35.5. The molecule has 0 aliphatic carbocycles. The third-order valence-electron chi connectivity index (χ3n) is 2.31. The van der Waals surface area contributed by atoms with Crippen LogP contribution in [0, 0.1) is 17.0 Å². The topological polar surface area (TPSA) is 55.2 Å². The standard InChI is InChI=1S/C11H15ClN2O2S/c1-8-6-9(14(15)16)7-10(12)11(8)13-4-3-5-17-2/h6-7,13H,3-5H2,1-2H3. The Hall–Kier alpha value is -0.940. The second-order valence-corrected chi connectivity index (χ2v) is 5.04. The average Bonchev–Trinajstić information content (AvgIpc) is 2.26. The Kier molecular flexibility index (Phi) is 5.58. The molecule has 0 amide bonds. The number of nitro benzene ring substituents is 1. The number of thioether (sulfide) groups is 1. The third-order valence-corrected chi connectivity index (χ3v) is 3.31. The summed E-state index contributed by atoms with van der Waals surface area (Å²) in [4.78, 5) is 10.2. The van der Waals surface area contributed by atoms with Gasteiger partial charge in [-0.25, -0.2) is 0 Å². The van der Waals surface area contributed by atoms with Crippen LogP contribution in [0.15, 0.2) is 12.1 Å². The highest BCUT2D eigenvalue weighted by Gasteiger charge is 2.12. The molecule has 0 atom stereocenters. The molecule has 94 valence electrons. The number of nitrogens with zero attached hydrogens (tertiary/aromatic N) is 1. The van der Waals surface area contributed by atoms with Gasteiger partial charge >= 0.3 is 0 Å². The van der Waals surface area contributed by atoms with Gasteiger partial charge in [0.1, 0.15) is 0 Å². The summed E-state index contributed by atoms with van der Waals surface area (Å²) < 4.78 is 0. The van der Waals surface area contributed by atoms with Crippen LogP contribution in [0.5, 0.6) is 0 Å². The molecule has 1 aromatic carbocycles. The second kappa shape index (κ2) is 6.71. The van der Waals surface area contributed by atoms with Gasteiger partial charge in [-0.2, -0.15) is 11.8 Å². The van der Waals surface area contributed by atoms with E-state index in [1.54, 1.807) is 11.8 Å². The van der Waals surface area contributed by atoms with Crippen molar-refractivity contribution in [1.82, 2.24) is 0 Å². The van der Waals surface area contributed by atoms with Crippen molar-refractivity contribution in [1.29, 1.82) is 0 Å². The van der Waals surface area contributed by atoms with Gasteiger partial charge in [-0.05, 0) is 30.9 Å². The van der Waals surface area contributed by atoms with Gasteiger partial charge in [0.25, 0.3) is 5.69 Å². The minimum absolute atomic E-state index is 0.0298. The Labute approximate surface area is 110 Å². The van der Waals surface area contributed by atoms with E-state index in [1.165, 1.54) is 12.1 Å². The fourth-order valence-electron chi connectivity index (χ4n) is 1.49. The number of hydrogen-bond donors (Lipinski definition) is 1. The van der Waals surface area contributed by atoms with Crippen molar-refractivity contribution in [3.05, 3.63) is 32.8 Å². The normalized spacial score (nSPS) is 10.3. The maximum absolute atomic E-state index is 10.6. The molecule has 17 heavy (non-hydrogen) atoms. The summed E-state index contributed by atoms with van der Waals surface area (Å²) >= 11 is 7.81. The molecule has 0 heterocycles. The number of nitro groups is 1. The molecule has 1 rings (SSSR count). The van der Waals surface area contributed by atoms with Crippen LogP contribution >= 0.6 is 23.4 Å². The molecule has 0 fully saturated rings. The Balaban J connectivity index is 2.76. The van der Waals surface area contributed by atoms with Crippen LogP contribution in [-0.4, -0.2) is 23.5 Å². The fourth-order valence-corrected chi connectivity index (χ4v) is 2.25. The molecular formula is C11H15ClN2O2S. The Morgan fingerprint density at radius 2 is 2.24 bits per heavy atom. The van der Waals surface area contributed by atoms with E-state index in [0.29, 0.717) is 5.02 Å². The molecule has 0 spiro atoms. The number of aryl methyl sites for hydroxylation is 1. The van der Waals surface area contributed by atoms with Crippen molar-refractivity contribution in [3.63, 3.8) is 0 Å². The maximum Gasteiger partial charge on any atom is 0.271 e. The van der Waals surface area contributed by atoms with E-state index in [2.05, 4.69) is 11.6 Å². The van der Waals surface area contributed by atoms with Crippen molar-refractivity contribution < 1.29 is 4.92 Å². The summed E-state index contributed by atoms with van der Waals surface area (Å²) in [5, 5.41) is 14.3. The lowest BCUT2D eigenvalue weighted by Gasteiger charge is -2.11. The molecule has 1 N–H and O–H groups in total. The molecule has 0 saturated heterocycles. The smallest absolute Gasteiger partial charge is 0.271 e. The predicted molar refractivity (Wildman–Crippen MR) is 74.3 cm³/mol. The second-order valence-electron chi connectivity index (χ2n) is 3.65. The lowest BCUT2D eigenvalue weighted by molar-refractivity contribution is -0.384. The summed E-state index contributed by atoms with van der Waals surface area (Å²) in [7, 11) is 0. The van der Waals surface area contributed by atoms with E-state index < -0.39 is 4.92 Å². The molecule has 0 aliphatic heterocycles. The first-order chi connectivity index (χ1) is 8.06. The number of halogens is 1. The third kappa shape index (κ3) is 4.09. The Morgan fingerprint density at radius 1 is 1.53 bits per heavy atom. The Bertz CT molecular complexity index is 389. The number of benzene rings is 1. The molecule has 0 radical (unpaired) electrons. The molecular weight excluding hydrogens is 260 g/mol. The summed E-state index contributed by atoms with van der Waals surface area (Å²) in [6.45, 7) is 2.63. The number of anilines is 1. The van der Waals surface area contributed by atoms with Gasteiger partial charge < -0.3 is 5.32 Å². The number of non-ortho nitro benzene ring substituents is 1. The zero-order chi connectivity index (χ0) is 12.8. The van der Waals surface area contributed by atoms with Crippen LogP contribution < -0.4 is 5.32 Å². The van der Waals surface area contributed by atoms with Crippen LogP contribution in [-0.2, 0) is 0 Å². The van der Waals surface area contributed by atoms with Crippen molar-refractivity contribution in [3.8, 4) is 0 Å². The maximum atomic E-state index is 10.6. The minimum atomic E-state index is -0.434. The van der Waals surface area contributed by atoms with Gasteiger partial charge in [0.2, 0.25) is 0 Å². The van der Waals surface area contributed by atoms with E-state index in [4.69, 9.17) is 11.6 Å². The zero-order valence-corrected chi connectivity index (χ0v) is 11.4. The van der Waals surface area contributed by atoms with Gasteiger partial charge in [0.15, 0.2) is 0 Å². The molecule has 0 unspecified atom stereocenters. The molecule has 6 heteroatoms. The van der Waals surface area contributed by atoms with Gasteiger partial charge in [0, 0.05) is 18.7 Å². The summed E-state index contributed by atoms with van der Waals surface area (Å²) in [6.07, 6.45) is 3.10. The van der Waals surface area contributed by atoms with Crippen LogP contribution in [0.3, 0.4) is 0 Å². The highest BCUT2D eigenvalue weighted by molar-refractivity contribution is 7.98. The lowest BCUT2D eigenvalue weighted by Crippen LogP contribution is -2.05. The fraction of sp³-hybridized carbons (Fsp3) is 0.455. The summed E-state index contributed by atoms with van der Waals surface area (Å²) in [5.74, 6) is 1.08. The number of nitrogens with one attached hydrogen (secondary N) is 1. The lowest BCUT2D eigenvalue weighted by atomic mass is 10.1. The first kappa shape index (κ1) is 14.1. The molecule has 4 nitrogen and oxygen atoms in total. The quantitative estimate of drug-likeness (QED) is 0.488. The Morgan fingerprint density at radius 3 is 2.76 bits per heavy atom. The minimum Gasteiger partial charge on any atom is -0.384 e. The van der Waals surface area contributed by atoms with Crippen molar-refractivity contribution in [2.24, 2.45) is 0 Å². The predicted octanol–water partition coefficient (Wildman–Crippen LogP) is 3.72. The SMILES string of the molecule is CSCCCNc1c(C)cc([N+](=O)[O-])cc1Cl. The molecule has 0 saturated carbocycles. The van der Waals surface area contributed by atoms with Gasteiger partial charge in [0.05, 0.1) is 15.6 Å². The number of hydrogen-bond acceptors (Lipinski definition) is 4. The van der Waals surface area contributed by atoms with Crippen LogP contribution in [0.25, 0.3) is 0 Å². The molecule has 1 aromatic rings. The summed E-state index contributed by atoms with van der Waals surface area (Å²) in [6, 6.07) is 2.91. The molecule has 0 aliphatic rings. The van der Waals surface area contributed by atoms with E-state index in [0.717, 1.165) is 30.0 Å². The number of rotatable bonds is 6.